The number of amides is 1. The van der Waals surface area contributed by atoms with Crippen LogP contribution >= 0.6 is 23.1 Å². The van der Waals surface area contributed by atoms with Gasteiger partial charge in [-0.05, 0) is 37.1 Å². The Morgan fingerprint density at radius 3 is 2.79 bits per heavy atom. The summed E-state index contributed by atoms with van der Waals surface area (Å²) in [7, 11) is 0. The summed E-state index contributed by atoms with van der Waals surface area (Å²) in [4.78, 5) is 13.6. The molecule has 2 aromatic heterocycles. The number of aromatic nitrogens is 3. The van der Waals surface area contributed by atoms with E-state index in [2.05, 4.69) is 26.1 Å². The molecule has 2 fully saturated rings. The minimum atomic E-state index is 0.0984. The molecule has 2 aliphatic rings. The van der Waals surface area contributed by atoms with Crippen LogP contribution in [0.15, 0.2) is 22.7 Å². The Labute approximate surface area is 174 Å². The third-order valence-electron chi connectivity index (χ3n) is 5.42. The van der Waals surface area contributed by atoms with E-state index in [9.17, 15) is 4.79 Å². The highest BCUT2D eigenvalue weighted by Gasteiger charge is 2.23. The summed E-state index contributed by atoms with van der Waals surface area (Å²) in [5.74, 6) is 1.35. The molecule has 1 saturated carbocycles. The van der Waals surface area contributed by atoms with Gasteiger partial charge in [0.05, 0.1) is 23.3 Å². The average molecular weight is 421 g/mol. The second kappa shape index (κ2) is 9.89. The number of nitrogens with one attached hydrogen (secondary N) is 1. The van der Waals surface area contributed by atoms with Crippen LogP contribution < -0.4 is 5.32 Å². The lowest BCUT2D eigenvalue weighted by molar-refractivity contribution is -0.119. The van der Waals surface area contributed by atoms with Crippen molar-refractivity contribution < 1.29 is 9.53 Å². The predicted molar refractivity (Wildman–Crippen MR) is 113 cm³/mol. The predicted octanol–water partition coefficient (Wildman–Crippen LogP) is 4.12. The second-order valence-electron chi connectivity index (χ2n) is 7.57. The maximum Gasteiger partial charge on any atom is 0.230 e. The van der Waals surface area contributed by atoms with Gasteiger partial charge in [-0.2, -0.15) is 0 Å². The van der Waals surface area contributed by atoms with E-state index >= 15 is 0 Å². The van der Waals surface area contributed by atoms with Crippen LogP contribution in [0.1, 0.15) is 51.4 Å². The van der Waals surface area contributed by atoms with Gasteiger partial charge in [0.25, 0.3) is 0 Å². The van der Waals surface area contributed by atoms with Crippen LogP contribution in [0.2, 0.25) is 0 Å². The second-order valence-corrected chi connectivity index (χ2v) is 9.46. The summed E-state index contributed by atoms with van der Waals surface area (Å²) in [6.07, 6.45) is 9.60. The molecule has 1 amide bonds. The maximum atomic E-state index is 12.5. The van der Waals surface area contributed by atoms with Crippen molar-refractivity contribution in [1.82, 2.24) is 20.1 Å². The van der Waals surface area contributed by atoms with Crippen molar-refractivity contribution in [3.8, 4) is 10.7 Å². The molecule has 8 heteroatoms. The lowest BCUT2D eigenvalue weighted by Gasteiger charge is -2.16. The molecular weight excluding hydrogens is 392 g/mol. The molecule has 28 heavy (non-hydrogen) atoms. The molecule has 1 N–H and O–H groups in total. The molecule has 0 bridgehead atoms. The largest absolute Gasteiger partial charge is 0.376 e. The van der Waals surface area contributed by atoms with E-state index in [4.69, 9.17) is 4.74 Å². The number of rotatable bonds is 7. The van der Waals surface area contributed by atoms with Gasteiger partial charge in [0.2, 0.25) is 5.91 Å². The molecule has 2 aromatic rings. The summed E-state index contributed by atoms with van der Waals surface area (Å²) in [5, 5.41) is 14.9. The average Bonchev–Trinajstić information content (AvgIpc) is 3.42. The molecule has 1 aliphatic heterocycles. The Bertz CT molecular complexity index is 748. The number of hydrogen-bond acceptors (Lipinski definition) is 6. The first kappa shape index (κ1) is 19.9. The van der Waals surface area contributed by atoms with Crippen LogP contribution in [0, 0.1) is 0 Å². The zero-order valence-corrected chi connectivity index (χ0v) is 17.8. The van der Waals surface area contributed by atoms with Gasteiger partial charge in [-0.25, -0.2) is 0 Å². The van der Waals surface area contributed by atoms with Gasteiger partial charge < -0.3 is 10.1 Å². The Kier molecular flexibility index (Phi) is 7.04. The number of ether oxygens (including phenoxy) is 1. The van der Waals surface area contributed by atoms with Crippen molar-refractivity contribution >= 4 is 29.0 Å². The van der Waals surface area contributed by atoms with Crippen LogP contribution in [0.25, 0.3) is 10.7 Å². The molecule has 152 valence electrons. The van der Waals surface area contributed by atoms with Crippen molar-refractivity contribution in [2.75, 3.05) is 12.4 Å². The highest BCUT2D eigenvalue weighted by Crippen LogP contribution is 2.29. The highest BCUT2D eigenvalue weighted by molar-refractivity contribution is 7.99. The Balaban J connectivity index is 1.40. The van der Waals surface area contributed by atoms with Crippen molar-refractivity contribution in [3.05, 3.63) is 17.5 Å². The molecule has 3 heterocycles. The van der Waals surface area contributed by atoms with E-state index in [0.717, 1.165) is 54.7 Å². The minimum Gasteiger partial charge on any atom is -0.376 e. The van der Waals surface area contributed by atoms with Crippen LogP contribution in [-0.2, 0) is 16.1 Å². The summed E-state index contributed by atoms with van der Waals surface area (Å²) < 4.78 is 7.96. The molecule has 0 aromatic carbocycles. The third kappa shape index (κ3) is 5.15. The number of carbonyl (C=O) groups is 1. The first-order valence-corrected chi connectivity index (χ1v) is 12.2. The standard InChI is InChI=1S/C20H28N4O2S2/c25-18(21-15-7-3-1-2-4-8-15)14-28-20-23-22-19(17-10-6-12-27-17)24(20)13-16-9-5-11-26-16/h6,10,12,15-16H,1-5,7-9,11,13-14H2,(H,21,25). The van der Waals surface area contributed by atoms with Gasteiger partial charge in [0, 0.05) is 12.6 Å². The van der Waals surface area contributed by atoms with E-state index in [-0.39, 0.29) is 12.0 Å². The summed E-state index contributed by atoms with van der Waals surface area (Å²) >= 11 is 3.14. The lowest BCUT2D eigenvalue weighted by Crippen LogP contribution is -2.35. The molecule has 4 rings (SSSR count). The van der Waals surface area contributed by atoms with E-state index in [1.165, 1.54) is 37.4 Å². The maximum absolute atomic E-state index is 12.5. The fourth-order valence-electron chi connectivity index (χ4n) is 3.96. The fourth-order valence-corrected chi connectivity index (χ4v) is 5.44. The Morgan fingerprint density at radius 1 is 1.21 bits per heavy atom. The van der Waals surface area contributed by atoms with Gasteiger partial charge in [0.1, 0.15) is 0 Å². The monoisotopic (exact) mass is 420 g/mol. The lowest BCUT2D eigenvalue weighted by atomic mass is 10.1. The van der Waals surface area contributed by atoms with E-state index < -0.39 is 0 Å². The molecule has 0 radical (unpaired) electrons. The van der Waals surface area contributed by atoms with Gasteiger partial charge in [0.15, 0.2) is 11.0 Å². The molecule has 0 spiro atoms. The molecular formula is C20H28N4O2S2. The van der Waals surface area contributed by atoms with Gasteiger partial charge in [-0.3, -0.25) is 9.36 Å². The number of hydrogen-bond donors (Lipinski definition) is 1. The molecule has 1 atom stereocenters. The van der Waals surface area contributed by atoms with Crippen LogP contribution in [0.4, 0.5) is 0 Å². The van der Waals surface area contributed by atoms with Crippen molar-refractivity contribution in [1.29, 1.82) is 0 Å². The summed E-state index contributed by atoms with van der Waals surface area (Å²) in [5.41, 5.74) is 0. The van der Waals surface area contributed by atoms with Gasteiger partial charge >= 0.3 is 0 Å². The number of thioether (sulfide) groups is 1. The van der Waals surface area contributed by atoms with E-state index in [1.807, 2.05) is 11.4 Å². The van der Waals surface area contributed by atoms with Crippen LogP contribution in [-0.4, -0.2) is 45.2 Å². The molecule has 6 nitrogen and oxygen atoms in total. The first-order chi connectivity index (χ1) is 13.8. The van der Waals surface area contributed by atoms with Crippen LogP contribution in [0.5, 0.6) is 0 Å². The minimum absolute atomic E-state index is 0.0984. The summed E-state index contributed by atoms with van der Waals surface area (Å²) in [6, 6.07) is 4.42. The third-order valence-corrected chi connectivity index (χ3v) is 7.25. The zero-order chi connectivity index (χ0) is 19.2. The molecule has 1 unspecified atom stereocenters. The van der Waals surface area contributed by atoms with Crippen molar-refractivity contribution in [2.45, 2.75) is 75.2 Å². The normalized spacial score (nSPS) is 20.9. The van der Waals surface area contributed by atoms with Crippen LogP contribution in [0.3, 0.4) is 0 Å². The fraction of sp³-hybridized carbons (Fsp3) is 0.650. The number of nitrogens with zero attached hydrogens (tertiary/aromatic N) is 3. The molecule has 1 aliphatic carbocycles. The zero-order valence-electron chi connectivity index (χ0n) is 16.1. The van der Waals surface area contributed by atoms with Crippen molar-refractivity contribution in [3.63, 3.8) is 0 Å². The highest BCUT2D eigenvalue weighted by atomic mass is 32.2. The topological polar surface area (TPSA) is 69.0 Å². The van der Waals surface area contributed by atoms with Gasteiger partial charge in [-0.1, -0.05) is 43.5 Å². The first-order valence-electron chi connectivity index (χ1n) is 10.3. The van der Waals surface area contributed by atoms with Gasteiger partial charge in [-0.15, -0.1) is 21.5 Å². The SMILES string of the molecule is O=C(CSc1nnc(-c2cccs2)n1CC1CCCO1)NC1CCCCCC1. The Morgan fingerprint density at radius 2 is 2.07 bits per heavy atom. The Hall–Kier alpha value is -1.38. The quantitative estimate of drug-likeness (QED) is 0.539. The number of thiophene rings is 1. The summed E-state index contributed by atoms with van der Waals surface area (Å²) in [6.45, 7) is 1.57. The number of carbonyl (C=O) groups excluding carboxylic acids is 1. The smallest absolute Gasteiger partial charge is 0.230 e. The van der Waals surface area contributed by atoms with E-state index in [0.29, 0.717) is 11.8 Å². The van der Waals surface area contributed by atoms with E-state index in [1.54, 1.807) is 11.3 Å². The molecule has 1 saturated heterocycles. The van der Waals surface area contributed by atoms with Crippen molar-refractivity contribution in [2.24, 2.45) is 0 Å².